The third-order valence-electron chi connectivity index (χ3n) is 5.83. The summed E-state index contributed by atoms with van der Waals surface area (Å²) >= 11 is 0. The zero-order chi connectivity index (χ0) is 24.5. The fraction of sp³-hybridized carbons (Fsp3) is 0.360. The highest BCUT2D eigenvalue weighted by Crippen LogP contribution is 2.29. The van der Waals surface area contributed by atoms with Crippen LogP contribution in [-0.4, -0.2) is 35.5 Å². The Morgan fingerprint density at radius 1 is 1.21 bits per heavy atom. The van der Waals surface area contributed by atoms with Crippen molar-refractivity contribution in [3.8, 4) is 6.07 Å². The van der Waals surface area contributed by atoms with E-state index in [2.05, 4.69) is 25.9 Å². The molecule has 0 saturated heterocycles. The monoisotopic (exact) mass is 467 g/mol. The molecule has 0 unspecified atom stereocenters. The molecule has 1 saturated carbocycles. The molecule has 0 amide bonds. The summed E-state index contributed by atoms with van der Waals surface area (Å²) in [6.07, 6.45) is 7.27. The highest BCUT2D eigenvalue weighted by molar-refractivity contribution is 5.88. The van der Waals surface area contributed by atoms with Crippen molar-refractivity contribution in [2.24, 2.45) is 12.2 Å². The quantitative estimate of drug-likeness (QED) is 0.396. The first kappa shape index (κ1) is 24.8. The zero-order valence-corrected chi connectivity index (χ0v) is 19.2. The molecular weight excluding hydrogens is 440 g/mol. The van der Waals surface area contributed by atoms with Crippen molar-refractivity contribution in [3.05, 3.63) is 70.1 Å². The predicted molar refractivity (Wildman–Crippen MR) is 128 cm³/mol. The smallest absolute Gasteiger partial charge is 0.370 e. The first-order valence-electron chi connectivity index (χ1n) is 11.1. The highest BCUT2D eigenvalue weighted by atomic mass is 19.3. The lowest BCUT2D eigenvalue weighted by atomic mass is 9.94. The van der Waals surface area contributed by atoms with E-state index in [-0.39, 0.29) is 5.56 Å². The SMILES string of the molecule is CN(c1cc(=O)n(C)c2ccc(C#N)nc12)C1CCCCC1.FC(F)O/N=C\c1ccccc1. The van der Waals surface area contributed by atoms with Gasteiger partial charge in [0.05, 0.1) is 17.4 Å². The largest absolute Gasteiger partial charge is 0.407 e. The molecule has 0 atom stereocenters. The van der Waals surface area contributed by atoms with E-state index in [0.29, 0.717) is 11.7 Å². The maximum absolute atomic E-state index is 12.2. The second kappa shape index (κ2) is 11.9. The summed E-state index contributed by atoms with van der Waals surface area (Å²) in [6.45, 7) is -2.86. The average molecular weight is 468 g/mol. The molecule has 4 rings (SSSR count). The van der Waals surface area contributed by atoms with Crippen LogP contribution in [0.3, 0.4) is 0 Å². The van der Waals surface area contributed by atoms with Gasteiger partial charge in [0.1, 0.15) is 17.3 Å². The lowest BCUT2D eigenvalue weighted by Crippen LogP contribution is -2.34. The topological polar surface area (TPSA) is 83.5 Å². The van der Waals surface area contributed by atoms with Crippen molar-refractivity contribution in [3.63, 3.8) is 0 Å². The van der Waals surface area contributed by atoms with Crippen molar-refractivity contribution in [1.29, 1.82) is 5.26 Å². The number of aryl methyl sites for hydroxylation is 1. The second-order valence-electron chi connectivity index (χ2n) is 8.02. The van der Waals surface area contributed by atoms with Crippen molar-refractivity contribution < 1.29 is 13.6 Å². The molecule has 2 aromatic heterocycles. The number of alkyl halides is 2. The summed E-state index contributed by atoms with van der Waals surface area (Å²) in [5.41, 5.74) is 3.39. The summed E-state index contributed by atoms with van der Waals surface area (Å²) in [7, 11) is 3.77. The molecule has 0 radical (unpaired) electrons. The Labute approximate surface area is 196 Å². The summed E-state index contributed by atoms with van der Waals surface area (Å²) < 4.78 is 24.4. The average Bonchev–Trinajstić information content (AvgIpc) is 2.87. The number of anilines is 1. The van der Waals surface area contributed by atoms with Gasteiger partial charge in [0, 0.05) is 26.2 Å². The van der Waals surface area contributed by atoms with Gasteiger partial charge < -0.3 is 14.3 Å². The van der Waals surface area contributed by atoms with Crippen LogP contribution in [0.2, 0.25) is 0 Å². The van der Waals surface area contributed by atoms with E-state index in [4.69, 9.17) is 5.26 Å². The Morgan fingerprint density at radius 3 is 2.56 bits per heavy atom. The van der Waals surface area contributed by atoms with Crippen LogP contribution < -0.4 is 10.5 Å². The number of oxime groups is 1. The van der Waals surface area contributed by atoms with Crippen LogP contribution >= 0.6 is 0 Å². The van der Waals surface area contributed by atoms with E-state index in [9.17, 15) is 13.6 Å². The van der Waals surface area contributed by atoms with E-state index in [0.717, 1.165) is 35.1 Å². The van der Waals surface area contributed by atoms with Crippen LogP contribution in [-0.2, 0) is 11.9 Å². The standard InChI is InChI=1S/C17H20N4O.C8H7F2NO/c1-20(13-6-4-3-5-7-13)15-10-16(22)21(2)14-9-8-12(11-18)19-17(14)15;9-8(10)12-11-6-7-4-2-1-3-5-7/h8-10,13H,3-7H2,1-2H3;1-6,8H/b;11-6-. The van der Waals surface area contributed by atoms with Gasteiger partial charge >= 0.3 is 6.61 Å². The fourth-order valence-corrected chi connectivity index (χ4v) is 3.98. The number of pyridine rings is 2. The minimum absolute atomic E-state index is 0.0448. The van der Waals surface area contributed by atoms with Gasteiger partial charge in [-0.1, -0.05) is 54.8 Å². The van der Waals surface area contributed by atoms with Gasteiger partial charge in [-0.25, -0.2) is 4.98 Å². The Bertz CT molecular complexity index is 1220. The Morgan fingerprint density at radius 2 is 1.91 bits per heavy atom. The number of fused-ring (bicyclic) bond motifs is 1. The lowest BCUT2D eigenvalue weighted by molar-refractivity contribution is -0.127. The Balaban J connectivity index is 0.000000229. The van der Waals surface area contributed by atoms with Crippen LogP contribution in [0.1, 0.15) is 43.4 Å². The van der Waals surface area contributed by atoms with Crippen LogP contribution in [0.4, 0.5) is 14.5 Å². The summed E-state index contributed by atoms with van der Waals surface area (Å²) in [4.78, 5) is 22.5. The maximum Gasteiger partial charge on any atom is 0.407 e. The first-order valence-corrected chi connectivity index (χ1v) is 11.1. The molecule has 7 nitrogen and oxygen atoms in total. The number of hydrogen-bond acceptors (Lipinski definition) is 6. The molecule has 0 bridgehead atoms. The van der Waals surface area contributed by atoms with E-state index in [1.165, 1.54) is 25.5 Å². The summed E-state index contributed by atoms with van der Waals surface area (Å²) in [5.74, 6) is 0. The number of nitriles is 1. The number of nitrogens with zero attached hydrogens (tertiary/aromatic N) is 5. The number of rotatable bonds is 5. The van der Waals surface area contributed by atoms with Crippen LogP contribution in [0.5, 0.6) is 0 Å². The molecule has 0 spiro atoms. The van der Waals surface area contributed by atoms with E-state index < -0.39 is 6.61 Å². The molecule has 34 heavy (non-hydrogen) atoms. The molecule has 9 heteroatoms. The normalized spacial score (nSPS) is 14.0. The van der Waals surface area contributed by atoms with Gasteiger partial charge in [-0.05, 0) is 30.5 Å². The van der Waals surface area contributed by atoms with E-state index in [1.807, 2.05) is 13.1 Å². The number of hydrogen-bond donors (Lipinski definition) is 0. The number of halogens is 2. The molecular formula is C25H27F2N5O2. The maximum atomic E-state index is 12.2. The van der Waals surface area contributed by atoms with Crippen LogP contribution in [0, 0.1) is 11.3 Å². The fourth-order valence-electron chi connectivity index (χ4n) is 3.98. The van der Waals surface area contributed by atoms with Crippen molar-refractivity contribution in [1.82, 2.24) is 9.55 Å². The van der Waals surface area contributed by atoms with Crippen molar-refractivity contribution in [2.75, 3.05) is 11.9 Å². The van der Waals surface area contributed by atoms with E-state index >= 15 is 0 Å². The summed E-state index contributed by atoms with van der Waals surface area (Å²) in [6, 6.07) is 16.5. The minimum Gasteiger partial charge on any atom is -0.370 e. The zero-order valence-electron chi connectivity index (χ0n) is 19.2. The van der Waals surface area contributed by atoms with Gasteiger partial charge in [-0.3, -0.25) is 4.79 Å². The Hall–Kier alpha value is -3.80. The van der Waals surface area contributed by atoms with E-state index in [1.54, 1.807) is 54.1 Å². The van der Waals surface area contributed by atoms with Gasteiger partial charge in [0.15, 0.2) is 0 Å². The molecule has 0 aliphatic heterocycles. The van der Waals surface area contributed by atoms with Gasteiger partial charge in [-0.2, -0.15) is 14.0 Å². The molecule has 2 heterocycles. The van der Waals surface area contributed by atoms with Crippen LogP contribution in [0.25, 0.3) is 11.0 Å². The van der Waals surface area contributed by atoms with Gasteiger partial charge in [-0.15, -0.1) is 0 Å². The molecule has 1 fully saturated rings. The molecule has 1 aliphatic rings. The third kappa shape index (κ3) is 6.38. The van der Waals surface area contributed by atoms with Gasteiger partial charge in [0.2, 0.25) is 0 Å². The molecule has 1 aromatic carbocycles. The molecule has 1 aliphatic carbocycles. The molecule has 3 aromatic rings. The Kier molecular flexibility index (Phi) is 8.68. The predicted octanol–water partition coefficient (Wildman–Crippen LogP) is 4.83. The van der Waals surface area contributed by atoms with Crippen molar-refractivity contribution in [2.45, 2.75) is 44.8 Å². The highest BCUT2D eigenvalue weighted by Gasteiger charge is 2.21. The van der Waals surface area contributed by atoms with Crippen molar-refractivity contribution >= 4 is 22.9 Å². The molecule has 0 N–H and O–H groups in total. The molecule has 178 valence electrons. The lowest BCUT2D eigenvalue weighted by Gasteiger charge is -2.33. The summed E-state index contributed by atoms with van der Waals surface area (Å²) in [5, 5.41) is 12.2. The third-order valence-corrected chi connectivity index (χ3v) is 5.83. The van der Waals surface area contributed by atoms with Gasteiger partial charge in [0.25, 0.3) is 5.56 Å². The minimum atomic E-state index is -2.86. The first-order chi connectivity index (χ1) is 16.4. The number of benzene rings is 1. The number of aromatic nitrogens is 2. The second-order valence-corrected chi connectivity index (χ2v) is 8.02. The van der Waals surface area contributed by atoms with Crippen LogP contribution in [0.15, 0.2) is 58.5 Å².